The molecule has 4 rings (SSSR count). The zero-order chi connectivity index (χ0) is 22.5. The maximum absolute atomic E-state index is 12.8. The lowest BCUT2D eigenvalue weighted by atomic mass is 9.97. The van der Waals surface area contributed by atoms with Crippen molar-refractivity contribution in [2.75, 3.05) is 23.7 Å². The Labute approximate surface area is 194 Å². The Morgan fingerprint density at radius 1 is 1.16 bits per heavy atom. The van der Waals surface area contributed by atoms with Crippen LogP contribution in [0.25, 0.3) is 11.4 Å². The number of carbonyl (C=O) groups is 2. The molecule has 166 valence electrons. The molecule has 32 heavy (non-hydrogen) atoms. The lowest BCUT2D eigenvalue weighted by Crippen LogP contribution is -2.40. The van der Waals surface area contributed by atoms with Gasteiger partial charge in [-0.1, -0.05) is 39.3 Å². The van der Waals surface area contributed by atoms with Crippen molar-refractivity contribution < 1.29 is 14.1 Å². The van der Waals surface area contributed by atoms with E-state index >= 15 is 0 Å². The van der Waals surface area contributed by atoms with Crippen molar-refractivity contribution in [3.63, 3.8) is 0 Å². The molecule has 8 nitrogen and oxygen atoms in total. The van der Waals surface area contributed by atoms with Crippen molar-refractivity contribution in [2.45, 2.75) is 26.3 Å². The van der Waals surface area contributed by atoms with E-state index < -0.39 is 0 Å². The highest BCUT2D eigenvalue weighted by molar-refractivity contribution is 9.10. The molecule has 1 aromatic heterocycles. The Kier molecular flexibility index (Phi) is 6.96. The normalized spacial score (nSPS) is 16.5. The van der Waals surface area contributed by atoms with E-state index in [0.717, 1.165) is 29.4 Å². The lowest BCUT2D eigenvalue weighted by molar-refractivity contribution is -0.121. The van der Waals surface area contributed by atoms with Gasteiger partial charge in [-0.15, -0.1) is 0 Å². The van der Waals surface area contributed by atoms with Gasteiger partial charge in [0.05, 0.1) is 12.5 Å². The molecule has 1 aliphatic rings. The highest BCUT2D eigenvalue weighted by Gasteiger charge is 2.27. The van der Waals surface area contributed by atoms with Crippen LogP contribution >= 0.6 is 15.9 Å². The minimum Gasteiger partial charge on any atom is -0.338 e. The SMILES string of the molecule is CC(=O)Nc1cccc(NC(=O)C2CCCN(Cc3nc(-c4cccc(Br)c4)no3)C2)c1. The van der Waals surface area contributed by atoms with Gasteiger partial charge in [-0.05, 0) is 49.7 Å². The second-order valence-corrected chi connectivity index (χ2v) is 8.76. The van der Waals surface area contributed by atoms with Gasteiger partial charge in [0.2, 0.25) is 23.5 Å². The Morgan fingerprint density at radius 3 is 2.72 bits per heavy atom. The molecule has 2 amide bonds. The maximum atomic E-state index is 12.8. The van der Waals surface area contributed by atoms with Crippen LogP contribution in [-0.2, 0) is 16.1 Å². The maximum Gasteiger partial charge on any atom is 0.241 e. The van der Waals surface area contributed by atoms with E-state index in [-0.39, 0.29) is 17.7 Å². The number of aromatic nitrogens is 2. The van der Waals surface area contributed by atoms with Crippen molar-refractivity contribution in [2.24, 2.45) is 5.92 Å². The van der Waals surface area contributed by atoms with E-state index in [9.17, 15) is 9.59 Å². The summed E-state index contributed by atoms with van der Waals surface area (Å²) in [7, 11) is 0. The molecule has 1 saturated heterocycles. The van der Waals surface area contributed by atoms with E-state index in [4.69, 9.17) is 4.52 Å². The molecule has 0 spiro atoms. The first kappa shape index (κ1) is 22.2. The fourth-order valence-electron chi connectivity index (χ4n) is 3.79. The third kappa shape index (κ3) is 5.80. The fraction of sp³-hybridized carbons (Fsp3) is 0.304. The Balaban J connectivity index is 1.35. The quantitative estimate of drug-likeness (QED) is 0.526. The predicted molar refractivity (Wildman–Crippen MR) is 125 cm³/mol. The summed E-state index contributed by atoms with van der Waals surface area (Å²) in [5.41, 5.74) is 2.19. The second kappa shape index (κ2) is 10.1. The number of hydrogen-bond donors (Lipinski definition) is 2. The molecule has 3 aromatic rings. The van der Waals surface area contributed by atoms with Crippen LogP contribution in [-0.4, -0.2) is 39.9 Å². The van der Waals surface area contributed by atoms with Crippen LogP contribution in [0.2, 0.25) is 0 Å². The first-order valence-electron chi connectivity index (χ1n) is 10.5. The number of likely N-dealkylation sites (tertiary alicyclic amines) is 1. The highest BCUT2D eigenvalue weighted by atomic mass is 79.9. The number of halogens is 1. The number of piperidine rings is 1. The Morgan fingerprint density at radius 2 is 1.94 bits per heavy atom. The summed E-state index contributed by atoms with van der Waals surface area (Å²) < 4.78 is 6.40. The van der Waals surface area contributed by atoms with Gasteiger partial charge in [-0.2, -0.15) is 4.98 Å². The number of nitrogens with one attached hydrogen (secondary N) is 2. The number of amides is 2. The molecule has 1 fully saturated rings. The number of anilines is 2. The summed E-state index contributed by atoms with van der Waals surface area (Å²) in [5, 5.41) is 9.78. The third-order valence-corrected chi connectivity index (χ3v) is 5.73. The van der Waals surface area contributed by atoms with Gasteiger partial charge in [-0.3, -0.25) is 14.5 Å². The largest absolute Gasteiger partial charge is 0.338 e. The molecule has 0 radical (unpaired) electrons. The number of rotatable bonds is 6. The van der Waals surface area contributed by atoms with Crippen LogP contribution in [0.15, 0.2) is 57.5 Å². The van der Waals surface area contributed by atoms with Crippen molar-refractivity contribution in [1.29, 1.82) is 0 Å². The molecule has 9 heteroatoms. The fourth-order valence-corrected chi connectivity index (χ4v) is 4.19. The van der Waals surface area contributed by atoms with Crippen LogP contribution in [0.5, 0.6) is 0 Å². The van der Waals surface area contributed by atoms with E-state index in [1.165, 1.54) is 6.92 Å². The van der Waals surface area contributed by atoms with E-state index in [1.54, 1.807) is 18.2 Å². The lowest BCUT2D eigenvalue weighted by Gasteiger charge is -2.30. The molecule has 2 N–H and O–H groups in total. The number of nitrogens with zero attached hydrogens (tertiary/aromatic N) is 3. The summed E-state index contributed by atoms with van der Waals surface area (Å²) in [6.07, 6.45) is 1.73. The van der Waals surface area contributed by atoms with Gasteiger partial charge in [0.25, 0.3) is 0 Å². The summed E-state index contributed by atoms with van der Waals surface area (Å²) in [6, 6.07) is 14.9. The number of benzene rings is 2. The zero-order valence-corrected chi connectivity index (χ0v) is 19.3. The molecule has 0 bridgehead atoms. The standard InChI is InChI=1S/C23H24BrN5O3/c1-15(30)25-19-8-3-9-20(12-19)26-23(31)17-6-4-10-29(13-17)14-21-27-22(28-32-21)16-5-2-7-18(24)11-16/h2-3,5,7-9,11-12,17H,4,6,10,13-14H2,1H3,(H,25,30)(H,26,31). The van der Waals surface area contributed by atoms with Crippen LogP contribution in [0.3, 0.4) is 0 Å². The molecular weight excluding hydrogens is 474 g/mol. The smallest absolute Gasteiger partial charge is 0.241 e. The molecular formula is C23H24BrN5O3. The van der Waals surface area contributed by atoms with Crippen molar-refractivity contribution in [3.05, 3.63) is 58.9 Å². The zero-order valence-electron chi connectivity index (χ0n) is 17.7. The van der Waals surface area contributed by atoms with Crippen molar-refractivity contribution >= 4 is 39.1 Å². The van der Waals surface area contributed by atoms with Crippen molar-refractivity contribution in [3.8, 4) is 11.4 Å². The van der Waals surface area contributed by atoms with Gasteiger partial charge < -0.3 is 15.2 Å². The molecule has 2 heterocycles. The molecule has 0 aliphatic carbocycles. The molecule has 1 unspecified atom stereocenters. The number of hydrogen-bond acceptors (Lipinski definition) is 6. The average Bonchev–Trinajstić information content (AvgIpc) is 3.22. The summed E-state index contributed by atoms with van der Waals surface area (Å²) in [5.74, 6) is 0.756. The van der Waals surface area contributed by atoms with E-state index in [1.807, 2.05) is 30.3 Å². The molecule has 0 saturated carbocycles. The summed E-state index contributed by atoms with van der Waals surface area (Å²) in [6.45, 7) is 3.44. The average molecular weight is 498 g/mol. The third-order valence-electron chi connectivity index (χ3n) is 5.24. The van der Waals surface area contributed by atoms with Crippen LogP contribution in [0, 0.1) is 5.92 Å². The van der Waals surface area contributed by atoms with Crippen LogP contribution < -0.4 is 10.6 Å². The van der Waals surface area contributed by atoms with Crippen molar-refractivity contribution in [1.82, 2.24) is 15.0 Å². The van der Waals surface area contributed by atoms with Gasteiger partial charge in [0.1, 0.15) is 0 Å². The monoisotopic (exact) mass is 497 g/mol. The Hall–Kier alpha value is -3.04. The van der Waals surface area contributed by atoms with Gasteiger partial charge in [-0.25, -0.2) is 0 Å². The minimum absolute atomic E-state index is 0.0324. The van der Waals surface area contributed by atoms with Gasteiger partial charge in [0, 0.05) is 34.9 Å². The summed E-state index contributed by atoms with van der Waals surface area (Å²) in [4.78, 5) is 30.8. The van der Waals surface area contributed by atoms with Gasteiger partial charge >= 0.3 is 0 Å². The molecule has 2 aromatic carbocycles. The van der Waals surface area contributed by atoms with Gasteiger partial charge in [0.15, 0.2) is 0 Å². The second-order valence-electron chi connectivity index (χ2n) is 7.85. The van der Waals surface area contributed by atoms with Crippen LogP contribution in [0.4, 0.5) is 11.4 Å². The topological polar surface area (TPSA) is 100 Å². The summed E-state index contributed by atoms with van der Waals surface area (Å²) >= 11 is 3.45. The van der Waals surface area contributed by atoms with Crippen LogP contribution in [0.1, 0.15) is 25.7 Å². The highest BCUT2D eigenvalue weighted by Crippen LogP contribution is 2.23. The number of carbonyl (C=O) groups excluding carboxylic acids is 2. The first-order chi connectivity index (χ1) is 15.5. The van der Waals surface area contributed by atoms with E-state index in [0.29, 0.717) is 36.2 Å². The van der Waals surface area contributed by atoms with E-state index in [2.05, 4.69) is 41.6 Å². The first-order valence-corrected chi connectivity index (χ1v) is 11.2. The molecule has 1 atom stereocenters. The Bertz CT molecular complexity index is 1120. The minimum atomic E-state index is -0.152. The molecule has 1 aliphatic heterocycles. The predicted octanol–water partition coefficient (Wildman–Crippen LogP) is 4.31.